The minimum atomic E-state index is 0. The Morgan fingerprint density at radius 3 is 2.77 bits per heavy atom. The first-order valence-corrected chi connectivity index (χ1v) is 7.93. The van der Waals surface area contributed by atoms with E-state index in [-0.39, 0.29) is 36.0 Å². The van der Waals surface area contributed by atoms with E-state index < -0.39 is 0 Å². The number of halogens is 1. The molecule has 1 heterocycles. The number of hydrogen-bond donors (Lipinski definition) is 2. The second kappa shape index (κ2) is 11.9. The lowest BCUT2D eigenvalue weighted by molar-refractivity contribution is -0.129. The largest absolute Gasteiger partial charge is 0.379 e. The minimum absolute atomic E-state index is 0. The maximum Gasteiger partial charge on any atom is 0.222 e. The number of rotatable bonds is 7. The molecule has 0 aliphatic carbocycles. The zero-order valence-electron chi connectivity index (χ0n) is 14.2. The molecule has 6 nitrogen and oxygen atoms in total. The summed E-state index contributed by atoms with van der Waals surface area (Å²) in [6.07, 6.45) is 2.78. The predicted molar refractivity (Wildman–Crippen MR) is 101 cm³/mol. The topological polar surface area (TPSA) is 66.0 Å². The second-order valence-electron chi connectivity index (χ2n) is 5.60. The number of likely N-dealkylation sites (tertiary alicyclic amines) is 1. The van der Waals surface area contributed by atoms with Gasteiger partial charge >= 0.3 is 0 Å². The van der Waals surface area contributed by atoms with Crippen LogP contribution in [0.3, 0.4) is 0 Å². The number of carbonyl (C=O) groups excluding carboxylic acids is 1. The zero-order chi connectivity index (χ0) is 15.7. The molecule has 130 valence electrons. The first-order valence-electron chi connectivity index (χ1n) is 7.93. The molecule has 1 aliphatic rings. The van der Waals surface area contributed by atoms with Gasteiger partial charge in [-0.25, -0.2) is 0 Å². The Balaban J connectivity index is 0.00000441. The molecule has 2 N–H and O–H groups in total. The average Bonchev–Trinajstić information content (AvgIpc) is 2.93. The lowest BCUT2D eigenvalue weighted by atomic mass is 10.3. The Kier molecular flexibility index (Phi) is 11.6. The number of ether oxygens (including phenoxy) is 1. The third kappa shape index (κ3) is 8.17. The summed E-state index contributed by atoms with van der Waals surface area (Å²) >= 11 is 0. The SMILES string of the molecule is CCC(=O)N1CCC(NC(=NC)NCCCOC(C)C)C1.I. The molecule has 1 amide bonds. The van der Waals surface area contributed by atoms with Crippen LogP contribution in [-0.4, -0.2) is 62.2 Å². The van der Waals surface area contributed by atoms with Gasteiger partial charge in [0.25, 0.3) is 0 Å². The van der Waals surface area contributed by atoms with Crippen molar-refractivity contribution in [2.75, 3.05) is 33.3 Å². The molecule has 1 unspecified atom stereocenters. The Bertz CT molecular complexity index is 350. The number of nitrogens with one attached hydrogen (secondary N) is 2. The zero-order valence-corrected chi connectivity index (χ0v) is 16.6. The van der Waals surface area contributed by atoms with Crippen molar-refractivity contribution in [3.63, 3.8) is 0 Å². The normalized spacial score (nSPS) is 18.3. The van der Waals surface area contributed by atoms with Gasteiger partial charge in [-0.2, -0.15) is 0 Å². The number of aliphatic imine (C=N–C) groups is 1. The monoisotopic (exact) mass is 426 g/mol. The van der Waals surface area contributed by atoms with Crippen molar-refractivity contribution in [2.24, 2.45) is 4.99 Å². The van der Waals surface area contributed by atoms with Crippen LogP contribution in [0.4, 0.5) is 0 Å². The van der Waals surface area contributed by atoms with Crippen molar-refractivity contribution in [1.29, 1.82) is 0 Å². The highest BCUT2D eigenvalue weighted by molar-refractivity contribution is 14.0. The minimum Gasteiger partial charge on any atom is -0.379 e. The van der Waals surface area contributed by atoms with Gasteiger partial charge in [0.05, 0.1) is 6.10 Å². The molecule has 0 spiro atoms. The standard InChI is InChI=1S/C15H30N4O2.HI/c1-5-14(20)19-9-7-13(11-19)18-15(16-4)17-8-6-10-21-12(2)3;/h12-13H,5-11H2,1-4H3,(H2,16,17,18);1H. The molecule has 1 fully saturated rings. The summed E-state index contributed by atoms with van der Waals surface area (Å²) < 4.78 is 5.50. The van der Waals surface area contributed by atoms with Crippen LogP contribution >= 0.6 is 24.0 Å². The summed E-state index contributed by atoms with van der Waals surface area (Å²) in [7, 11) is 1.77. The molecule has 1 rings (SSSR count). The molecule has 1 atom stereocenters. The highest BCUT2D eigenvalue weighted by Gasteiger charge is 2.25. The molecular formula is C15H31IN4O2. The Labute approximate surface area is 151 Å². The number of amides is 1. The summed E-state index contributed by atoms with van der Waals surface area (Å²) in [4.78, 5) is 17.8. The Morgan fingerprint density at radius 1 is 1.45 bits per heavy atom. The van der Waals surface area contributed by atoms with Crippen LogP contribution in [-0.2, 0) is 9.53 Å². The highest BCUT2D eigenvalue weighted by Crippen LogP contribution is 2.10. The van der Waals surface area contributed by atoms with Gasteiger partial charge in [0.15, 0.2) is 5.96 Å². The lowest BCUT2D eigenvalue weighted by Gasteiger charge is -2.18. The fraction of sp³-hybridized carbons (Fsp3) is 0.867. The van der Waals surface area contributed by atoms with E-state index in [9.17, 15) is 4.79 Å². The van der Waals surface area contributed by atoms with E-state index in [0.29, 0.717) is 12.5 Å². The van der Waals surface area contributed by atoms with Crippen molar-refractivity contribution < 1.29 is 9.53 Å². The van der Waals surface area contributed by atoms with Gasteiger partial charge in [0.2, 0.25) is 5.91 Å². The molecule has 0 aromatic heterocycles. The first-order chi connectivity index (χ1) is 10.1. The van der Waals surface area contributed by atoms with Gasteiger partial charge in [-0.05, 0) is 26.7 Å². The number of hydrogen-bond acceptors (Lipinski definition) is 3. The van der Waals surface area contributed by atoms with Gasteiger partial charge in [-0.15, -0.1) is 24.0 Å². The summed E-state index contributed by atoms with van der Waals surface area (Å²) in [5.74, 6) is 1.03. The van der Waals surface area contributed by atoms with Crippen molar-refractivity contribution in [1.82, 2.24) is 15.5 Å². The van der Waals surface area contributed by atoms with Crippen molar-refractivity contribution in [3.05, 3.63) is 0 Å². The molecule has 0 aromatic carbocycles. The average molecular weight is 426 g/mol. The van der Waals surface area contributed by atoms with E-state index in [1.54, 1.807) is 7.05 Å². The van der Waals surface area contributed by atoms with Gasteiger partial charge in [-0.3, -0.25) is 9.79 Å². The number of guanidine groups is 1. The number of carbonyl (C=O) groups is 1. The van der Waals surface area contributed by atoms with Crippen molar-refractivity contribution >= 4 is 35.8 Å². The van der Waals surface area contributed by atoms with Gasteiger partial charge in [0, 0.05) is 45.8 Å². The van der Waals surface area contributed by atoms with E-state index in [1.165, 1.54) is 0 Å². The summed E-state index contributed by atoms with van der Waals surface area (Å²) in [5.41, 5.74) is 0. The molecule has 0 aromatic rings. The van der Waals surface area contributed by atoms with Crippen LogP contribution in [0.15, 0.2) is 4.99 Å². The molecule has 0 saturated carbocycles. The third-order valence-electron chi connectivity index (χ3n) is 3.47. The van der Waals surface area contributed by atoms with E-state index >= 15 is 0 Å². The van der Waals surface area contributed by atoms with Gasteiger partial charge in [-0.1, -0.05) is 6.92 Å². The molecule has 1 aliphatic heterocycles. The Morgan fingerprint density at radius 2 is 2.18 bits per heavy atom. The maximum absolute atomic E-state index is 11.7. The van der Waals surface area contributed by atoms with E-state index in [4.69, 9.17) is 4.74 Å². The van der Waals surface area contributed by atoms with Crippen LogP contribution in [0.25, 0.3) is 0 Å². The van der Waals surface area contributed by atoms with Crippen molar-refractivity contribution in [3.8, 4) is 0 Å². The van der Waals surface area contributed by atoms with Crippen molar-refractivity contribution in [2.45, 2.75) is 52.2 Å². The lowest BCUT2D eigenvalue weighted by Crippen LogP contribution is -2.45. The van der Waals surface area contributed by atoms with E-state index in [1.807, 2.05) is 25.7 Å². The molecule has 7 heteroatoms. The molecule has 0 radical (unpaired) electrons. The van der Waals surface area contributed by atoms with Crippen LogP contribution in [0, 0.1) is 0 Å². The van der Waals surface area contributed by atoms with E-state index in [0.717, 1.165) is 45.0 Å². The number of nitrogens with zero attached hydrogens (tertiary/aromatic N) is 2. The van der Waals surface area contributed by atoms with Crippen LogP contribution in [0.5, 0.6) is 0 Å². The third-order valence-corrected chi connectivity index (χ3v) is 3.47. The molecule has 1 saturated heterocycles. The molecule has 0 bridgehead atoms. The smallest absolute Gasteiger partial charge is 0.222 e. The Hall–Kier alpha value is -0.570. The highest BCUT2D eigenvalue weighted by atomic mass is 127. The van der Waals surface area contributed by atoms with Gasteiger partial charge < -0.3 is 20.3 Å². The fourth-order valence-corrected chi connectivity index (χ4v) is 2.31. The van der Waals surface area contributed by atoms with Crippen LogP contribution in [0.1, 0.15) is 40.0 Å². The summed E-state index contributed by atoms with van der Waals surface area (Å²) in [6.45, 7) is 9.17. The van der Waals surface area contributed by atoms with E-state index in [2.05, 4.69) is 15.6 Å². The van der Waals surface area contributed by atoms with Crippen LogP contribution < -0.4 is 10.6 Å². The summed E-state index contributed by atoms with van der Waals surface area (Å²) in [6, 6.07) is 0.290. The predicted octanol–water partition coefficient (Wildman–Crippen LogP) is 1.60. The van der Waals surface area contributed by atoms with Gasteiger partial charge in [0.1, 0.15) is 0 Å². The first kappa shape index (κ1) is 21.4. The van der Waals surface area contributed by atoms with Crippen LogP contribution in [0.2, 0.25) is 0 Å². The second-order valence-corrected chi connectivity index (χ2v) is 5.60. The fourth-order valence-electron chi connectivity index (χ4n) is 2.31. The summed E-state index contributed by atoms with van der Waals surface area (Å²) in [5, 5.41) is 6.66. The molecular weight excluding hydrogens is 395 g/mol. The maximum atomic E-state index is 11.7. The molecule has 22 heavy (non-hydrogen) atoms. The quantitative estimate of drug-likeness (QED) is 0.281.